The molecule has 2 heteroatoms. The predicted octanol–water partition coefficient (Wildman–Crippen LogP) is 5.07. The zero-order valence-electron chi connectivity index (χ0n) is 12.4. The minimum Gasteiger partial charge on any atom is -0.490 e. The minimum atomic E-state index is -0.260. The molecule has 0 amide bonds. The average molecular weight is 272 g/mol. The van der Waals surface area contributed by atoms with Crippen molar-refractivity contribution in [2.24, 2.45) is 5.92 Å². The van der Waals surface area contributed by atoms with Gasteiger partial charge in [0.1, 0.15) is 0 Å². The summed E-state index contributed by atoms with van der Waals surface area (Å²) in [6.45, 7) is 7.16. The van der Waals surface area contributed by atoms with E-state index in [1.807, 2.05) is 18.2 Å². The molecule has 20 heavy (non-hydrogen) atoms. The summed E-state index contributed by atoms with van der Waals surface area (Å²) in [6.07, 6.45) is 2.42. The van der Waals surface area contributed by atoms with Gasteiger partial charge in [-0.05, 0) is 41.2 Å². The van der Waals surface area contributed by atoms with E-state index in [1.165, 1.54) is 24.5 Å². The number of ether oxygens (including phenoxy) is 1. The van der Waals surface area contributed by atoms with Gasteiger partial charge in [0.15, 0.2) is 11.6 Å². The third-order valence-corrected chi connectivity index (χ3v) is 3.93. The van der Waals surface area contributed by atoms with Gasteiger partial charge in [-0.3, -0.25) is 0 Å². The van der Waals surface area contributed by atoms with Crippen molar-refractivity contribution in [1.29, 1.82) is 0 Å². The van der Waals surface area contributed by atoms with Crippen LogP contribution in [0.3, 0.4) is 0 Å². The molecule has 1 saturated carbocycles. The SMILES string of the molecule is CC(C)(C)c1cccc2c(OCC3CC3)c(F)ccc12. The molecule has 2 aromatic rings. The number of halogens is 1. The maximum absolute atomic E-state index is 14.1. The molecule has 106 valence electrons. The Morgan fingerprint density at radius 1 is 1.10 bits per heavy atom. The monoisotopic (exact) mass is 272 g/mol. The molecule has 0 aromatic heterocycles. The minimum absolute atomic E-state index is 0.0328. The van der Waals surface area contributed by atoms with Gasteiger partial charge in [-0.1, -0.05) is 45.0 Å². The van der Waals surface area contributed by atoms with Crippen molar-refractivity contribution in [2.45, 2.75) is 39.0 Å². The molecular formula is C18H21FO. The lowest BCUT2D eigenvalue weighted by atomic mass is 9.83. The normalized spacial score (nSPS) is 15.6. The Labute approximate surface area is 119 Å². The molecule has 0 heterocycles. The molecule has 0 radical (unpaired) electrons. The highest BCUT2D eigenvalue weighted by molar-refractivity contribution is 5.91. The summed E-state index contributed by atoms with van der Waals surface area (Å²) in [6, 6.07) is 9.46. The highest BCUT2D eigenvalue weighted by Crippen LogP contribution is 2.37. The van der Waals surface area contributed by atoms with Gasteiger partial charge < -0.3 is 4.74 Å². The van der Waals surface area contributed by atoms with E-state index in [1.54, 1.807) is 0 Å². The van der Waals surface area contributed by atoms with Gasteiger partial charge in [0.25, 0.3) is 0 Å². The van der Waals surface area contributed by atoms with Crippen molar-refractivity contribution in [1.82, 2.24) is 0 Å². The Morgan fingerprint density at radius 3 is 2.50 bits per heavy atom. The molecule has 0 unspecified atom stereocenters. The van der Waals surface area contributed by atoms with Crippen LogP contribution in [0, 0.1) is 11.7 Å². The van der Waals surface area contributed by atoms with E-state index in [9.17, 15) is 4.39 Å². The van der Waals surface area contributed by atoms with Crippen LogP contribution in [-0.2, 0) is 5.41 Å². The maximum Gasteiger partial charge on any atom is 0.165 e. The Balaban J connectivity index is 2.10. The molecule has 1 nitrogen and oxygen atoms in total. The zero-order valence-corrected chi connectivity index (χ0v) is 12.4. The van der Waals surface area contributed by atoms with Crippen molar-refractivity contribution >= 4 is 10.8 Å². The van der Waals surface area contributed by atoms with Crippen LogP contribution in [0.1, 0.15) is 39.2 Å². The summed E-state index contributed by atoms with van der Waals surface area (Å²) >= 11 is 0. The van der Waals surface area contributed by atoms with E-state index in [4.69, 9.17) is 4.74 Å². The van der Waals surface area contributed by atoms with Gasteiger partial charge in [0, 0.05) is 5.39 Å². The van der Waals surface area contributed by atoms with Crippen LogP contribution in [0.2, 0.25) is 0 Å². The number of benzene rings is 2. The zero-order chi connectivity index (χ0) is 14.3. The van der Waals surface area contributed by atoms with Crippen molar-refractivity contribution in [3.63, 3.8) is 0 Å². The summed E-state index contributed by atoms with van der Waals surface area (Å²) in [5, 5.41) is 1.98. The Bertz CT molecular complexity index is 636. The second kappa shape index (κ2) is 4.76. The fourth-order valence-electron chi connectivity index (χ4n) is 2.59. The number of rotatable bonds is 3. The second-order valence-electron chi connectivity index (χ2n) is 6.78. The first-order valence-corrected chi connectivity index (χ1v) is 7.31. The van der Waals surface area contributed by atoms with Crippen molar-refractivity contribution in [3.8, 4) is 5.75 Å². The van der Waals surface area contributed by atoms with E-state index in [0.29, 0.717) is 18.3 Å². The van der Waals surface area contributed by atoms with Gasteiger partial charge in [0.05, 0.1) is 6.61 Å². The molecule has 2 aromatic carbocycles. The molecule has 0 spiro atoms. The lowest BCUT2D eigenvalue weighted by molar-refractivity contribution is 0.289. The molecule has 0 N–H and O–H groups in total. The fraction of sp³-hybridized carbons (Fsp3) is 0.444. The smallest absolute Gasteiger partial charge is 0.165 e. The van der Waals surface area contributed by atoms with Crippen molar-refractivity contribution in [2.75, 3.05) is 6.61 Å². The second-order valence-corrected chi connectivity index (χ2v) is 6.78. The predicted molar refractivity (Wildman–Crippen MR) is 80.8 cm³/mol. The molecule has 0 aliphatic heterocycles. The van der Waals surface area contributed by atoms with Crippen LogP contribution < -0.4 is 4.74 Å². The third-order valence-electron chi connectivity index (χ3n) is 3.93. The molecule has 3 rings (SSSR count). The fourth-order valence-corrected chi connectivity index (χ4v) is 2.59. The highest BCUT2D eigenvalue weighted by Gasteiger charge is 2.24. The van der Waals surface area contributed by atoms with Crippen LogP contribution in [0.15, 0.2) is 30.3 Å². The maximum atomic E-state index is 14.1. The molecule has 0 bridgehead atoms. The molecule has 1 aliphatic rings. The molecule has 0 saturated heterocycles. The first-order valence-electron chi connectivity index (χ1n) is 7.31. The van der Waals surface area contributed by atoms with Crippen molar-refractivity contribution in [3.05, 3.63) is 41.7 Å². The van der Waals surface area contributed by atoms with E-state index >= 15 is 0 Å². The van der Waals surface area contributed by atoms with Gasteiger partial charge in [-0.25, -0.2) is 4.39 Å². The largest absolute Gasteiger partial charge is 0.490 e. The molecule has 0 atom stereocenters. The standard InChI is InChI=1S/C18H21FO/c1-18(2,3)15-6-4-5-14-13(15)9-10-16(19)17(14)20-11-12-7-8-12/h4-6,9-10,12H,7-8,11H2,1-3H3. The van der Waals surface area contributed by atoms with Gasteiger partial charge in [-0.2, -0.15) is 0 Å². The van der Waals surface area contributed by atoms with E-state index in [2.05, 4.69) is 26.8 Å². The van der Waals surface area contributed by atoms with E-state index in [0.717, 1.165) is 10.8 Å². The lowest BCUT2D eigenvalue weighted by Gasteiger charge is -2.22. The summed E-state index contributed by atoms with van der Waals surface area (Å²) in [4.78, 5) is 0. The van der Waals surface area contributed by atoms with Crippen LogP contribution in [0.4, 0.5) is 4.39 Å². The molecular weight excluding hydrogens is 251 g/mol. The quantitative estimate of drug-likeness (QED) is 0.758. The number of hydrogen-bond acceptors (Lipinski definition) is 1. The van der Waals surface area contributed by atoms with Crippen LogP contribution in [-0.4, -0.2) is 6.61 Å². The van der Waals surface area contributed by atoms with Crippen molar-refractivity contribution < 1.29 is 9.13 Å². The van der Waals surface area contributed by atoms with Gasteiger partial charge >= 0.3 is 0 Å². The highest BCUT2D eigenvalue weighted by atomic mass is 19.1. The average Bonchev–Trinajstić information content (AvgIpc) is 3.19. The van der Waals surface area contributed by atoms with Gasteiger partial charge in [-0.15, -0.1) is 0 Å². The topological polar surface area (TPSA) is 9.23 Å². The molecule has 1 fully saturated rings. The lowest BCUT2D eigenvalue weighted by Crippen LogP contribution is -2.12. The summed E-state index contributed by atoms with van der Waals surface area (Å²) in [5.74, 6) is 0.778. The summed E-state index contributed by atoms with van der Waals surface area (Å²) in [7, 11) is 0. The number of fused-ring (bicyclic) bond motifs is 1. The number of hydrogen-bond donors (Lipinski definition) is 0. The van der Waals surface area contributed by atoms with Crippen LogP contribution in [0.25, 0.3) is 10.8 Å². The Kier molecular flexibility index (Phi) is 3.19. The Hall–Kier alpha value is -1.57. The van der Waals surface area contributed by atoms with Crippen LogP contribution >= 0.6 is 0 Å². The third kappa shape index (κ3) is 2.52. The molecule has 1 aliphatic carbocycles. The first-order chi connectivity index (χ1) is 9.47. The summed E-state index contributed by atoms with van der Waals surface area (Å²) < 4.78 is 19.9. The van der Waals surface area contributed by atoms with E-state index < -0.39 is 0 Å². The van der Waals surface area contributed by atoms with Gasteiger partial charge in [0.2, 0.25) is 0 Å². The first kappa shape index (κ1) is 13.4. The van der Waals surface area contributed by atoms with E-state index in [-0.39, 0.29) is 11.2 Å². The van der Waals surface area contributed by atoms with Crippen LogP contribution in [0.5, 0.6) is 5.75 Å². The Morgan fingerprint density at radius 2 is 1.85 bits per heavy atom. The summed E-state index contributed by atoms with van der Waals surface area (Å²) in [5.41, 5.74) is 1.26.